The zero-order chi connectivity index (χ0) is 13.6. The Morgan fingerprint density at radius 3 is 2.89 bits per heavy atom. The van der Waals surface area contributed by atoms with Gasteiger partial charge in [-0.05, 0) is 15.8 Å². The Balaban J connectivity index is 2.12. The molecule has 0 saturated heterocycles. The molecule has 0 aromatic carbocycles. The van der Waals surface area contributed by atoms with Crippen LogP contribution < -0.4 is 0 Å². The first-order valence-corrected chi connectivity index (χ1v) is 5.83. The first-order chi connectivity index (χ1) is 8.96. The molecule has 2 heterocycles. The van der Waals surface area contributed by atoms with Gasteiger partial charge in [-0.3, -0.25) is 4.79 Å². The second kappa shape index (κ2) is 3.81. The summed E-state index contributed by atoms with van der Waals surface area (Å²) in [4.78, 5) is 16.3. The summed E-state index contributed by atoms with van der Waals surface area (Å²) in [6, 6.07) is 0. The number of carbonyl (C=O) groups excluding carboxylic acids is 1. The van der Waals surface area contributed by atoms with Crippen molar-refractivity contribution < 1.29 is 9.90 Å². The van der Waals surface area contributed by atoms with Gasteiger partial charge in [-0.1, -0.05) is 23.6 Å². The standard InChI is InChI=1S/C11H12N6O2/c1-11(2)3-7(18)9(8(19)4-11)6-5-12-17-10(13-6)14-15-16-17/h5,18H,3-4H2,1-2H3. The smallest absolute Gasteiger partial charge is 0.291 e. The molecule has 8 nitrogen and oxygen atoms in total. The minimum atomic E-state index is -0.237. The Morgan fingerprint density at radius 2 is 2.16 bits per heavy atom. The molecular weight excluding hydrogens is 248 g/mol. The third-order valence-corrected chi connectivity index (χ3v) is 3.06. The van der Waals surface area contributed by atoms with Gasteiger partial charge in [0.25, 0.3) is 5.78 Å². The van der Waals surface area contributed by atoms with Crippen molar-refractivity contribution in [3.8, 4) is 0 Å². The van der Waals surface area contributed by atoms with Crippen molar-refractivity contribution in [1.29, 1.82) is 0 Å². The van der Waals surface area contributed by atoms with E-state index in [-0.39, 0.29) is 28.3 Å². The number of aromatic nitrogens is 6. The highest BCUT2D eigenvalue weighted by atomic mass is 16.3. The quantitative estimate of drug-likeness (QED) is 0.798. The van der Waals surface area contributed by atoms with Gasteiger partial charge in [0.05, 0.1) is 11.8 Å². The maximum atomic E-state index is 12.2. The van der Waals surface area contributed by atoms with Crippen LogP contribution in [0.3, 0.4) is 0 Å². The van der Waals surface area contributed by atoms with Crippen LogP contribution in [0.15, 0.2) is 12.0 Å². The van der Waals surface area contributed by atoms with Crippen LogP contribution in [-0.4, -0.2) is 41.1 Å². The summed E-state index contributed by atoms with van der Waals surface area (Å²) in [7, 11) is 0. The number of Topliss-reactive ketones (excluding diaryl/α,β-unsaturated/α-hetero) is 1. The van der Waals surface area contributed by atoms with Crippen molar-refractivity contribution in [3.63, 3.8) is 0 Å². The lowest BCUT2D eigenvalue weighted by atomic mass is 9.76. The van der Waals surface area contributed by atoms with Crippen LogP contribution in [0.2, 0.25) is 0 Å². The number of allylic oxidation sites excluding steroid dienone is 2. The molecule has 0 unspecified atom stereocenters. The Morgan fingerprint density at radius 1 is 1.37 bits per heavy atom. The van der Waals surface area contributed by atoms with Gasteiger partial charge in [0, 0.05) is 12.8 Å². The second-order valence-corrected chi connectivity index (χ2v) is 5.37. The number of hydrogen-bond acceptors (Lipinski definition) is 7. The van der Waals surface area contributed by atoms with Gasteiger partial charge >= 0.3 is 0 Å². The Hall–Kier alpha value is -2.38. The average molecular weight is 260 g/mol. The Bertz CT molecular complexity index is 702. The summed E-state index contributed by atoms with van der Waals surface area (Å²) in [6.45, 7) is 3.88. The van der Waals surface area contributed by atoms with Gasteiger partial charge < -0.3 is 5.11 Å². The molecular formula is C11H12N6O2. The maximum absolute atomic E-state index is 12.2. The lowest BCUT2D eigenvalue weighted by molar-refractivity contribution is -0.116. The predicted octanol–water partition coefficient (Wildman–Crippen LogP) is 0.573. The minimum Gasteiger partial charge on any atom is -0.511 e. The van der Waals surface area contributed by atoms with Crippen LogP contribution in [0, 0.1) is 5.41 Å². The fourth-order valence-electron chi connectivity index (χ4n) is 2.26. The molecule has 8 heteroatoms. The summed E-state index contributed by atoms with van der Waals surface area (Å²) < 4.78 is 1.15. The number of aliphatic hydroxyl groups is 1. The van der Waals surface area contributed by atoms with Crippen LogP contribution in [0.4, 0.5) is 0 Å². The maximum Gasteiger partial charge on any atom is 0.291 e. The number of fused-ring (bicyclic) bond motifs is 1. The Kier molecular flexibility index (Phi) is 2.34. The molecule has 19 heavy (non-hydrogen) atoms. The number of rotatable bonds is 1. The Labute approximate surface area is 108 Å². The van der Waals surface area contributed by atoms with Gasteiger partial charge in [0.15, 0.2) is 5.78 Å². The predicted molar refractivity (Wildman–Crippen MR) is 63.9 cm³/mol. The van der Waals surface area contributed by atoms with Crippen LogP contribution in [0.1, 0.15) is 32.4 Å². The normalized spacial score (nSPS) is 19.2. The molecule has 98 valence electrons. The summed E-state index contributed by atoms with van der Waals surface area (Å²) in [5.74, 6) is 0.0997. The average Bonchev–Trinajstić information content (AvgIpc) is 2.73. The SMILES string of the molecule is CC1(C)CC(=O)C(c2cnn3nnnc3n2)=C(O)C1. The van der Waals surface area contributed by atoms with Gasteiger partial charge in [0.2, 0.25) is 0 Å². The van der Waals surface area contributed by atoms with E-state index >= 15 is 0 Å². The zero-order valence-electron chi connectivity index (χ0n) is 10.5. The summed E-state index contributed by atoms with van der Waals surface area (Å²) in [5, 5.41) is 24.7. The minimum absolute atomic E-state index is 0.0485. The molecule has 2 aromatic heterocycles. The van der Waals surface area contributed by atoms with E-state index in [1.165, 1.54) is 6.20 Å². The van der Waals surface area contributed by atoms with Gasteiger partial charge in [-0.25, -0.2) is 4.98 Å². The molecule has 1 aliphatic carbocycles. The summed E-state index contributed by atoms with van der Waals surface area (Å²) in [5.41, 5.74) is 0.288. The largest absolute Gasteiger partial charge is 0.511 e. The molecule has 0 radical (unpaired) electrons. The molecule has 1 aliphatic rings. The fourth-order valence-corrected chi connectivity index (χ4v) is 2.26. The van der Waals surface area contributed by atoms with Crippen molar-refractivity contribution in [1.82, 2.24) is 30.2 Å². The van der Waals surface area contributed by atoms with Crippen molar-refractivity contribution in [3.05, 3.63) is 17.6 Å². The molecule has 0 saturated carbocycles. The van der Waals surface area contributed by atoms with Crippen LogP contribution in [0.5, 0.6) is 0 Å². The van der Waals surface area contributed by atoms with E-state index in [1.54, 1.807) is 0 Å². The number of tetrazole rings is 1. The third-order valence-electron chi connectivity index (χ3n) is 3.06. The highest BCUT2D eigenvalue weighted by molar-refractivity contribution is 6.21. The molecule has 1 N–H and O–H groups in total. The van der Waals surface area contributed by atoms with E-state index in [1.807, 2.05) is 13.8 Å². The molecule has 0 aliphatic heterocycles. The van der Waals surface area contributed by atoms with Crippen LogP contribution in [0.25, 0.3) is 11.4 Å². The number of ketones is 1. The lowest BCUT2D eigenvalue weighted by Gasteiger charge is -2.29. The third kappa shape index (κ3) is 1.94. The first kappa shape index (κ1) is 11.7. The molecule has 0 fully saturated rings. The van der Waals surface area contributed by atoms with E-state index < -0.39 is 0 Å². The number of hydrogen-bond donors (Lipinski definition) is 1. The summed E-state index contributed by atoms with van der Waals surface area (Å²) in [6.07, 6.45) is 2.18. The first-order valence-electron chi connectivity index (χ1n) is 5.83. The molecule has 0 bridgehead atoms. The molecule has 0 spiro atoms. The van der Waals surface area contributed by atoms with Crippen molar-refractivity contribution in [2.45, 2.75) is 26.7 Å². The van der Waals surface area contributed by atoms with Crippen LogP contribution >= 0.6 is 0 Å². The van der Waals surface area contributed by atoms with Gasteiger partial charge in [0.1, 0.15) is 11.5 Å². The molecule has 0 amide bonds. The number of aliphatic hydroxyl groups excluding tert-OH is 1. The number of carbonyl (C=O) groups is 1. The van der Waals surface area contributed by atoms with E-state index in [0.29, 0.717) is 18.5 Å². The molecule has 0 atom stereocenters. The topological polar surface area (TPSA) is 106 Å². The summed E-state index contributed by atoms with van der Waals surface area (Å²) >= 11 is 0. The van der Waals surface area contributed by atoms with E-state index in [9.17, 15) is 9.90 Å². The molecule has 3 rings (SSSR count). The van der Waals surface area contributed by atoms with Crippen molar-refractivity contribution in [2.24, 2.45) is 5.41 Å². The lowest BCUT2D eigenvalue weighted by Crippen LogP contribution is -2.25. The van der Waals surface area contributed by atoms with Crippen LogP contribution in [-0.2, 0) is 4.79 Å². The molecule has 2 aromatic rings. The highest BCUT2D eigenvalue weighted by Crippen LogP contribution is 2.38. The van der Waals surface area contributed by atoms with Crippen molar-refractivity contribution in [2.75, 3.05) is 0 Å². The van der Waals surface area contributed by atoms with Crippen molar-refractivity contribution >= 4 is 17.1 Å². The van der Waals surface area contributed by atoms with E-state index in [2.05, 4.69) is 25.6 Å². The zero-order valence-corrected chi connectivity index (χ0v) is 10.5. The highest BCUT2D eigenvalue weighted by Gasteiger charge is 2.34. The number of nitrogens with zero attached hydrogens (tertiary/aromatic N) is 6. The monoisotopic (exact) mass is 260 g/mol. The van der Waals surface area contributed by atoms with Gasteiger partial charge in [-0.15, -0.1) is 0 Å². The van der Waals surface area contributed by atoms with E-state index in [0.717, 1.165) is 4.63 Å². The second-order valence-electron chi connectivity index (χ2n) is 5.37. The van der Waals surface area contributed by atoms with E-state index in [4.69, 9.17) is 0 Å². The fraction of sp³-hybridized carbons (Fsp3) is 0.455. The van der Waals surface area contributed by atoms with Gasteiger partial charge in [-0.2, -0.15) is 5.10 Å².